The summed E-state index contributed by atoms with van der Waals surface area (Å²) in [5.41, 5.74) is 1.02. The van der Waals surface area contributed by atoms with Gasteiger partial charge < -0.3 is 9.84 Å². The van der Waals surface area contributed by atoms with Crippen molar-refractivity contribution in [3.8, 4) is 6.07 Å². The summed E-state index contributed by atoms with van der Waals surface area (Å²) < 4.78 is 5.28. The fourth-order valence-electron chi connectivity index (χ4n) is 1.26. The van der Waals surface area contributed by atoms with E-state index in [1.807, 2.05) is 6.07 Å². The molecular formula is C11H10BrNO3. The Kier molecular flexibility index (Phi) is 4.47. The topological polar surface area (TPSA) is 70.3 Å². The lowest BCUT2D eigenvalue weighted by Gasteiger charge is -2.09. The molecule has 0 amide bonds. The van der Waals surface area contributed by atoms with E-state index in [-0.39, 0.29) is 18.8 Å². The number of hydrogen-bond donors (Lipinski definition) is 1. The highest BCUT2D eigenvalue weighted by Crippen LogP contribution is 2.25. The first kappa shape index (κ1) is 12.7. The highest BCUT2D eigenvalue weighted by Gasteiger charge is 2.16. The molecule has 0 aliphatic heterocycles. The largest absolute Gasteiger partial charge is 0.462 e. The van der Waals surface area contributed by atoms with Crippen molar-refractivity contribution in [3.63, 3.8) is 0 Å². The van der Waals surface area contributed by atoms with Crippen LogP contribution in [0.2, 0.25) is 0 Å². The third-order valence-electron chi connectivity index (χ3n) is 2.02. The lowest BCUT2D eigenvalue weighted by Crippen LogP contribution is -2.09. The van der Waals surface area contributed by atoms with Crippen LogP contribution in [-0.2, 0) is 11.3 Å². The van der Waals surface area contributed by atoms with Crippen LogP contribution in [0.15, 0.2) is 16.6 Å². The van der Waals surface area contributed by atoms with E-state index in [1.54, 1.807) is 6.92 Å². The van der Waals surface area contributed by atoms with Gasteiger partial charge in [-0.3, -0.25) is 0 Å². The number of aliphatic hydroxyl groups is 1. The van der Waals surface area contributed by atoms with Crippen LogP contribution in [0.4, 0.5) is 0 Å². The van der Waals surface area contributed by atoms with Gasteiger partial charge in [-0.2, -0.15) is 5.26 Å². The Morgan fingerprint density at radius 2 is 2.31 bits per heavy atom. The number of aliphatic hydroxyl groups excluding tert-OH is 1. The monoisotopic (exact) mass is 283 g/mol. The first-order valence-corrected chi connectivity index (χ1v) is 5.44. The Morgan fingerprint density at radius 3 is 2.81 bits per heavy atom. The van der Waals surface area contributed by atoms with Crippen molar-refractivity contribution in [2.24, 2.45) is 0 Å². The molecule has 0 unspecified atom stereocenters. The Bertz CT molecular complexity index is 451. The maximum Gasteiger partial charge on any atom is 0.338 e. The number of ether oxygens (including phenoxy) is 1. The van der Waals surface area contributed by atoms with Gasteiger partial charge in [0.1, 0.15) is 6.07 Å². The van der Waals surface area contributed by atoms with Gasteiger partial charge in [0.05, 0.1) is 24.3 Å². The van der Waals surface area contributed by atoms with Crippen molar-refractivity contribution in [1.29, 1.82) is 5.26 Å². The number of esters is 1. The van der Waals surface area contributed by atoms with Crippen LogP contribution in [0.5, 0.6) is 0 Å². The number of benzene rings is 1. The van der Waals surface area contributed by atoms with Crippen LogP contribution < -0.4 is 0 Å². The standard InChI is InChI=1S/C11H10BrNO3/c1-2-16-11(15)8-4-3-7(5-13)10(12)9(8)6-14/h3-4,14H,2,6H2,1H3. The predicted octanol–water partition coefficient (Wildman–Crippen LogP) is 1.99. The Balaban J connectivity index is 3.27. The van der Waals surface area contributed by atoms with Crippen molar-refractivity contribution in [2.45, 2.75) is 13.5 Å². The summed E-state index contributed by atoms with van der Waals surface area (Å²) in [5.74, 6) is -0.503. The molecule has 0 saturated carbocycles. The fraction of sp³-hybridized carbons (Fsp3) is 0.273. The minimum absolute atomic E-state index is 0.265. The SMILES string of the molecule is CCOC(=O)c1ccc(C#N)c(Br)c1CO. The van der Waals surface area contributed by atoms with Gasteiger partial charge in [0.25, 0.3) is 0 Å². The van der Waals surface area contributed by atoms with E-state index < -0.39 is 5.97 Å². The molecule has 0 bridgehead atoms. The molecule has 4 nitrogen and oxygen atoms in total. The lowest BCUT2D eigenvalue weighted by atomic mass is 10.0. The van der Waals surface area contributed by atoms with Gasteiger partial charge in [-0.15, -0.1) is 0 Å². The van der Waals surface area contributed by atoms with Crippen LogP contribution in [0.1, 0.15) is 28.4 Å². The van der Waals surface area contributed by atoms with Crippen molar-refractivity contribution in [3.05, 3.63) is 33.3 Å². The van der Waals surface area contributed by atoms with Gasteiger partial charge >= 0.3 is 5.97 Å². The number of halogens is 1. The molecule has 16 heavy (non-hydrogen) atoms. The maximum atomic E-state index is 11.5. The van der Waals surface area contributed by atoms with Crippen molar-refractivity contribution in [2.75, 3.05) is 6.61 Å². The Morgan fingerprint density at radius 1 is 1.62 bits per heavy atom. The highest BCUT2D eigenvalue weighted by atomic mass is 79.9. The van der Waals surface area contributed by atoms with Gasteiger partial charge in [0.2, 0.25) is 0 Å². The average Bonchev–Trinajstić information content (AvgIpc) is 2.28. The molecule has 1 aromatic carbocycles. The number of hydrogen-bond acceptors (Lipinski definition) is 4. The summed E-state index contributed by atoms with van der Waals surface area (Å²) in [5, 5.41) is 18.0. The van der Waals surface area contributed by atoms with Gasteiger partial charge in [0.15, 0.2) is 0 Å². The first-order chi connectivity index (χ1) is 7.65. The molecule has 1 N–H and O–H groups in total. The van der Waals surface area contributed by atoms with Crippen LogP contribution in [0.3, 0.4) is 0 Å². The molecule has 0 aromatic heterocycles. The zero-order chi connectivity index (χ0) is 12.1. The molecule has 84 valence electrons. The predicted molar refractivity (Wildman–Crippen MR) is 60.7 cm³/mol. The lowest BCUT2D eigenvalue weighted by molar-refractivity contribution is 0.0522. The van der Waals surface area contributed by atoms with Crippen molar-refractivity contribution < 1.29 is 14.6 Å². The number of carbonyl (C=O) groups is 1. The van der Waals surface area contributed by atoms with Crippen molar-refractivity contribution >= 4 is 21.9 Å². The van der Waals surface area contributed by atoms with Crippen LogP contribution >= 0.6 is 15.9 Å². The van der Waals surface area contributed by atoms with E-state index in [9.17, 15) is 9.90 Å². The maximum absolute atomic E-state index is 11.5. The van der Waals surface area contributed by atoms with E-state index in [1.165, 1.54) is 12.1 Å². The minimum atomic E-state index is -0.503. The summed E-state index contributed by atoms with van der Waals surface area (Å²) >= 11 is 3.18. The molecule has 0 aliphatic rings. The van der Waals surface area contributed by atoms with Crippen molar-refractivity contribution in [1.82, 2.24) is 0 Å². The molecule has 1 aromatic rings. The van der Waals surface area contributed by atoms with Gasteiger partial charge in [-0.1, -0.05) is 0 Å². The summed E-state index contributed by atoms with van der Waals surface area (Å²) in [6.45, 7) is 1.64. The van der Waals surface area contributed by atoms with E-state index >= 15 is 0 Å². The summed E-state index contributed by atoms with van der Waals surface area (Å²) in [6, 6.07) is 4.95. The van der Waals surface area contributed by atoms with Gasteiger partial charge in [-0.05, 0) is 35.0 Å². The molecule has 5 heteroatoms. The number of carbonyl (C=O) groups excluding carboxylic acids is 1. The summed E-state index contributed by atoms with van der Waals surface area (Å²) in [6.07, 6.45) is 0. The summed E-state index contributed by atoms with van der Waals surface area (Å²) in [7, 11) is 0. The minimum Gasteiger partial charge on any atom is -0.462 e. The third kappa shape index (κ3) is 2.40. The molecule has 0 spiro atoms. The van der Waals surface area contributed by atoms with Crippen LogP contribution in [0, 0.1) is 11.3 Å². The Labute approximate surface area is 102 Å². The number of rotatable bonds is 3. The molecular weight excluding hydrogens is 274 g/mol. The Hall–Kier alpha value is -1.38. The van der Waals surface area contributed by atoms with Crippen LogP contribution in [0.25, 0.3) is 0 Å². The quantitative estimate of drug-likeness (QED) is 0.862. The summed E-state index contributed by atoms with van der Waals surface area (Å²) in [4.78, 5) is 11.5. The molecule has 0 radical (unpaired) electrons. The van der Waals surface area contributed by atoms with E-state index in [2.05, 4.69) is 15.9 Å². The van der Waals surface area contributed by atoms with Crippen LogP contribution in [-0.4, -0.2) is 17.7 Å². The molecule has 0 saturated heterocycles. The first-order valence-electron chi connectivity index (χ1n) is 4.65. The smallest absolute Gasteiger partial charge is 0.338 e. The second kappa shape index (κ2) is 5.64. The molecule has 0 atom stereocenters. The highest BCUT2D eigenvalue weighted by molar-refractivity contribution is 9.10. The second-order valence-electron chi connectivity index (χ2n) is 2.94. The van der Waals surface area contributed by atoms with E-state index in [0.717, 1.165) is 0 Å². The number of nitriles is 1. The molecule has 0 aliphatic carbocycles. The third-order valence-corrected chi connectivity index (χ3v) is 2.92. The fourth-order valence-corrected chi connectivity index (χ4v) is 1.82. The molecule has 1 rings (SSSR count). The van der Waals surface area contributed by atoms with E-state index in [4.69, 9.17) is 10.00 Å². The average molecular weight is 284 g/mol. The zero-order valence-electron chi connectivity index (χ0n) is 8.66. The number of nitrogens with zero attached hydrogens (tertiary/aromatic N) is 1. The molecule has 0 fully saturated rings. The van der Waals surface area contributed by atoms with Gasteiger partial charge in [0, 0.05) is 10.0 Å². The van der Waals surface area contributed by atoms with Gasteiger partial charge in [-0.25, -0.2) is 4.79 Å². The van der Waals surface area contributed by atoms with E-state index in [0.29, 0.717) is 15.6 Å². The second-order valence-corrected chi connectivity index (χ2v) is 3.74. The zero-order valence-corrected chi connectivity index (χ0v) is 10.2. The normalized spacial score (nSPS) is 9.62. The molecule has 0 heterocycles.